The van der Waals surface area contributed by atoms with Gasteiger partial charge in [-0.3, -0.25) is 9.59 Å². The highest BCUT2D eigenvalue weighted by Gasteiger charge is 2.31. The molecule has 1 unspecified atom stereocenters. The van der Waals surface area contributed by atoms with Crippen LogP contribution in [0.1, 0.15) is 62.6 Å². The summed E-state index contributed by atoms with van der Waals surface area (Å²) in [4.78, 5) is 27.0. The number of likely N-dealkylation sites (tertiary alicyclic amines) is 1. The van der Waals surface area contributed by atoms with E-state index in [1.54, 1.807) is 10.7 Å². The lowest BCUT2D eigenvalue weighted by Gasteiger charge is -2.26. The zero-order valence-electron chi connectivity index (χ0n) is 14.4. The SMILES string of the molecule is O=C(CC1CCCC1)N1CCCC1Cn1nc2c(cc1=O)CCC2. The Kier molecular flexibility index (Phi) is 4.42. The summed E-state index contributed by atoms with van der Waals surface area (Å²) in [5.41, 5.74) is 2.19. The molecule has 2 heterocycles. The first-order chi connectivity index (χ1) is 11.7. The van der Waals surface area contributed by atoms with Gasteiger partial charge in [-0.1, -0.05) is 12.8 Å². The van der Waals surface area contributed by atoms with Crippen molar-refractivity contribution in [2.45, 2.75) is 76.8 Å². The Bertz CT molecular complexity index is 676. The Morgan fingerprint density at radius 3 is 2.79 bits per heavy atom. The molecule has 4 rings (SSSR count). The maximum absolute atomic E-state index is 12.7. The average Bonchev–Trinajstić information content (AvgIpc) is 3.28. The zero-order valence-corrected chi connectivity index (χ0v) is 14.4. The van der Waals surface area contributed by atoms with E-state index < -0.39 is 0 Å². The molecular formula is C19H27N3O2. The number of nitrogens with zero attached hydrogens (tertiary/aromatic N) is 3. The summed E-state index contributed by atoms with van der Waals surface area (Å²) >= 11 is 0. The van der Waals surface area contributed by atoms with Crippen LogP contribution >= 0.6 is 0 Å². The molecule has 24 heavy (non-hydrogen) atoms. The van der Waals surface area contributed by atoms with Gasteiger partial charge >= 0.3 is 0 Å². The third-order valence-corrected chi connectivity index (χ3v) is 6.04. The summed E-state index contributed by atoms with van der Waals surface area (Å²) in [5, 5.41) is 4.58. The highest BCUT2D eigenvalue weighted by Crippen LogP contribution is 2.29. The quantitative estimate of drug-likeness (QED) is 0.852. The van der Waals surface area contributed by atoms with Gasteiger partial charge in [0.25, 0.3) is 5.56 Å². The molecule has 1 aliphatic heterocycles. The number of fused-ring (bicyclic) bond motifs is 1. The second-order valence-electron chi connectivity index (χ2n) is 7.73. The van der Waals surface area contributed by atoms with Gasteiger partial charge in [0.1, 0.15) is 0 Å². The lowest BCUT2D eigenvalue weighted by molar-refractivity contribution is -0.133. The fourth-order valence-electron chi connectivity index (χ4n) is 4.70. The number of aromatic nitrogens is 2. The molecule has 130 valence electrons. The largest absolute Gasteiger partial charge is 0.338 e. The lowest BCUT2D eigenvalue weighted by atomic mass is 10.0. The van der Waals surface area contributed by atoms with Crippen molar-refractivity contribution in [2.75, 3.05) is 6.54 Å². The van der Waals surface area contributed by atoms with E-state index >= 15 is 0 Å². The van der Waals surface area contributed by atoms with Gasteiger partial charge in [-0.05, 0) is 56.4 Å². The second-order valence-corrected chi connectivity index (χ2v) is 7.73. The van der Waals surface area contributed by atoms with Crippen LogP contribution in [0.2, 0.25) is 0 Å². The summed E-state index contributed by atoms with van der Waals surface area (Å²) in [6.45, 7) is 1.40. The zero-order chi connectivity index (χ0) is 16.5. The van der Waals surface area contributed by atoms with Crippen molar-refractivity contribution in [3.63, 3.8) is 0 Å². The Morgan fingerprint density at radius 2 is 1.96 bits per heavy atom. The minimum Gasteiger partial charge on any atom is -0.338 e. The van der Waals surface area contributed by atoms with Gasteiger partial charge < -0.3 is 4.90 Å². The van der Waals surface area contributed by atoms with Crippen LogP contribution in [0.4, 0.5) is 0 Å². The Morgan fingerprint density at radius 1 is 1.12 bits per heavy atom. The Balaban J connectivity index is 1.45. The van der Waals surface area contributed by atoms with E-state index in [1.807, 2.05) is 4.90 Å². The van der Waals surface area contributed by atoms with Crippen LogP contribution in [-0.2, 0) is 24.2 Å². The molecule has 0 bridgehead atoms. The molecule has 1 aromatic rings. The molecule has 5 nitrogen and oxygen atoms in total. The number of hydrogen-bond donors (Lipinski definition) is 0. The van der Waals surface area contributed by atoms with Crippen LogP contribution in [0.15, 0.2) is 10.9 Å². The highest BCUT2D eigenvalue weighted by molar-refractivity contribution is 5.77. The van der Waals surface area contributed by atoms with Crippen LogP contribution in [0.5, 0.6) is 0 Å². The molecule has 1 atom stereocenters. The van der Waals surface area contributed by atoms with E-state index in [0.29, 0.717) is 24.8 Å². The number of aryl methyl sites for hydroxylation is 2. The van der Waals surface area contributed by atoms with Gasteiger partial charge in [0.15, 0.2) is 0 Å². The summed E-state index contributed by atoms with van der Waals surface area (Å²) in [5.74, 6) is 0.873. The molecule has 2 fully saturated rings. The van der Waals surface area contributed by atoms with Gasteiger partial charge in [0, 0.05) is 19.0 Å². The summed E-state index contributed by atoms with van der Waals surface area (Å²) in [7, 11) is 0. The first-order valence-electron chi connectivity index (χ1n) is 9.60. The molecule has 5 heteroatoms. The smallest absolute Gasteiger partial charge is 0.267 e. The van der Waals surface area contributed by atoms with Gasteiger partial charge in [-0.2, -0.15) is 5.10 Å². The molecule has 1 amide bonds. The second kappa shape index (κ2) is 6.69. The molecule has 2 aliphatic carbocycles. The summed E-state index contributed by atoms with van der Waals surface area (Å²) in [6.07, 6.45) is 10.7. The molecule has 0 spiro atoms. The molecule has 0 radical (unpaired) electrons. The number of amides is 1. The topological polar surface area (TPSA) is 55.2 Å². The number of carbonyl (C=O) groups excluding carboxylic acids is 1. The minimum atomic E-state index is -0.00857. The van der Waals surface area contributed by atoms with Gasteiger partial charge in [-0.15, -0.1) is 0 Å². The fourth-order valence-corrected chi connectivity index (χ4v) is 4.70. The van der Waals surface area contributed by atoms with Gasteiger partial charge in [0.05, 0.1) is 18.3 Å². The summed E-state index contributed by atoms with van der Waals surface area (Å²) < 4.78 is 1.61. The first kappa shape index (κ1) is 15.9. The summed E-state index contributed by atoms with van der Waals surface area (Å²) in [6, 6.07) is 1.90. The predicted octanol–water partition coefficient (Wildman–Crippen LogP) is 2.30. The van der Waals surface area contributed by atoms with Crippen molar-refractivity contribution in [2.24, 2.45) is 5.92 Å². The fraction of sp³-hybridized carbons (Fsp3) is 0.737. The first-order valence-corrected chi connectivity index (χ1v) is 9.60. The van der Waals surface area contributed by atoms with E-state index in [0.717, 1.165) is 49.9 Å². The maximum atomic E-state index is 12.7. The van der Waals surface area contributed by atoms with E-state index in [-0.39, 0.29) is 11.6 Å². The van der Waals surface area contributed by atoms with Crippen LogP contribution in [0, 0.1) is 5.92 Å². The van der Waals surface area contributed by atoms with Crippen molar-refractivity contribution in [3.8, 4) is 0 Å². The van der Waals surface area contributed by atoms with Crippen molar-refractivity contribution in [3.05, 3.63) is 27.7 Å². The van der Waals surface area contributed by atoms with E-state index in [2.05, 4.69) is 5.10 Å². The Labute approximate surface area is 143 Å². The van der Waals surface area contributed by atoms with E-state index in [9.17, 15) is 9.59 Å². The molecule has 1 saturated carbocycles. The Hall–Kier alpha value is -1.65. The third-order valence-electron chi connectivity index (χ3n) is 6.04. The molecule has 0 aromatic carbocycles. The van der Waals surface area contributed by atoms with Crippen LogP contribution in [0.3, 0.4) is 0 Å². The van der Waals surface area contributed by atoms with Gasteiger partial charge in [0.2, 0.25) is 5.91 Å². The molecule has 1 saturated heterocycles. The average molecular weight is 329 g/mol. The van der Waals surface area contributed by atoms with Crippen molar-refractivity contribution >= 4 is 5.91 Å². The molecule has 1 aromatic heterocycles. The standard InChI is InChI=1S/C19H27N3O2/c23-18(11-14-5-1-2-6-14)21-10-4-8-16(21)13-22-19(24)12-15-7-3-9-17(15)20-22/h12,14,16H,1-11,13H2. The highest BCUT2D eigenvalue weighted by atomic mass is 16.2. The number of hydrogen-bond acceptors (Lipinski definition) is 3. The maximum Gasteiger partial charge on any atom is 0.267 e. The van der Waals surface area contributed by atoms with Crippen molar-refractivity contribution in [1.82, 2.24) is 14.7 Å². The lowest BCUT2D eigenvalue weighted by Crippen LogP contribution is -2.41. The van der Waals surface area contributed by atoms with Crippen LogP contribution in [0.25, 0.3) is 0 Å². The van der Waals surface area contributed by atoms with E-state index in [4.69, 9.17) is 0 Å². The normalized spacial score (nSPS) is 23.8. The number of rotatable bonds is 4. The van der Waals surface area contributed by atoms with Crippen LogP contribution < -0.4 is 5.56 Å². The molecule has 3 aliphatic rings. The molecular weight excluding hydrogens is 302 g/mol. The predicted molar refractivity (Wildman–Crippen MR) is 91.8 cm³/mol. The monoisotopic (exact) mass is 329 g/mol. The van der Waals surface area contributed by atoms with E-state index in [1.165, 1.54) is 25.7 Å². The molecule has 0 N–H and O–H groups in total. The van der Waals surface area contributed by atoms with Gasteiger partial charge in [-0.25, -0.2) is 4.68 Å². The van der Waals surface area contributed by atoms with Crippen molar-refractivity contribution < 1.29 is 4.79 Å². The minimum absolute atomic E-state index is 0.00857. The number of carbonyl (C=O) groups is 1. The van der Waals surface area contributed by atoms with Crippen molar-refractivity contribution in [1.29, 1.82) is 0 Å². The van der Waals surface area contributed by atoms with Crippen LogP contribution in [-0.4, -0.2) is 33.2 Å². The third kappa shape index (κ3) is 3.13.